The number of nitrogens with two attached hydrogens (primary N) is 1. The lowest BCUT2D eigenvalue weighted by molar-refractivity contribution is -0.124. The molecule has 1 aromatic carbocycles. The number of rotatable bonds is 6. The lowest BCUT2D eigenvalue weighted by Gasteiger charge is -2.11. The van der Waals surface area contributed by atoms with Gasteiger partial charge in [0.2, 0.25) is 5.91 Å². The first kappa shape index (κ1) is 16.0. The van der Waals surface area contributed by atoms with Crippen molar-refractivity contribution in [2.24, 2.45) is 11.7 Å². The van der Waals surface area contributed by atoms with Gasteiger partial charge in [-0.25, -0.2) is 8.78 Å². The van der Waals surface area contributed by atoms with E-state index in [-0.39, 0.29) is 31.5 Å². The van der Waals surface area contributed by atoms with Crippen LogP contribution < -0.4 is 16.4 Å². The van der Waals surface area contributed by atoms with Crippen molar-refractivity contribution in [1.29, 1.82) is 0 Å². The molecule has 1 aromatic rings. The minimum absolute atomic E-state index is 0.0651. The lowest BCUT2D eigenvalue weighted by atomic mass is 10.1. The van der Waals surface area contributed by atoms with Gasteiger partial charge >= 0.3 is 0 Å². The molecule has 5 nitrogen and oxygen atoms in total. The Hall–Kier alpha value is -2.02. The molecule has 1 rings (SSSR count). The van der Waals surface area contributed by atoms with Crippen LogP contribution in [0.2, 0.25) is 0 Å². The summed E-state index contributed by atoms with van der Waals surface area (Å²) in [6, 6.07) is 3.18. The number of hydrogen-bond donors (Lipinski definition) is 3. The van der Waals surface area contributed by atoms with E-state index in [2.05, 4.69) is 10.6 Å². The fourth-order valence-electron chi connectivity index (χ4n) is 1.45. The summed E-state index contributed by atoms with van der Waals surface area (Å²) in [6.07, 6.45) is 0. The molecule has 20 heavy (non-hydrogen) atoms. The summed E-state index contributed by atoms with van der Waals surface area (Å²) in [5, 5.41) is 4.88. The summed E-state index contributed by atoms with van der Waals surface area (Å²) in [5.74, 6) is -3.28. The van der Waals surface area contributed by atoms with Crippen molar-refractivity contribution in [2.45, 2.75) is 6.92 Å². The molecule has 1 unspecified atom stereocenters. The highest BCUT2D eigenvalue weighted by atomic mass is 19.1. The standard InChI is InChI=1S/C13H17F2N3O2/c1-8(7-16)12(19)17-5-6-18-13(20)11-9(14)3-2-4-10(11)15/h2-4,8H,5-7,16H2,1H3,(H,17,19)(H,18,20). The van der Waals surface area contributed by atoms with E-state index in [0.717, 1.165) is 12.1 Å². The zero-order valence-electron chi connectivity index (χ0n) is 11.1. The van der Waals surface area contributed by atoms with Gasteiger partial charge in [0.05, 0.1) is 0 Å². The number of carbonyl (C=O) groups excluding carboxylic acids is 2. The van der Waals surface area contributed by atoms with E-state index in [1.807, 2.05) is 0 Å². The first-order chi connectivity index (χ1) is 9.47. The molecule has 2 amide bonds. The van der Waals surface area contributed by atoms with Crippen LogP contribution in [0, 0.1) is 17.6 Å². The molecule has 0 fully saturated rings. The molecule has 7 heteroatoms. The van der Waals surface area contributed by atoms with Crippen molar-refractivity contribution in [3.8, 4) is 0 Å². The molecular weight excluding hydrogens is 268 g/mol. The number of halogens is 2. The molecule has 0 heterocycles. The average Bonchev–Trinajstić information content (AvgIpc) is 2.42. The Kier molecular flexibility index (Phi) is 6.05. The Balaban J connectivity index is 2.43. The Bertz CT molecular complexity index is 474. The molecule has 0 aliphatic carbocycles. The van der Waals surface area contributed by atoms with Crippen LogP contribution in [-0.2, 0) is 4.79 Å². The lowest BCUT2D eigenvalue weighted by Crippen LogP contribution is -2.39. The van der Waals surface area contributed by atoms with Gasteiger partial charge in [0, 0.05) is 25.6 Å². The third-order valence-corrected chi connectivity index (χ3v) is 2.70. The molecule has 110 valence electrons. The Labute approximate surface area is 115 Å². The van der Waals surface area contributed by atoms with Gasteiger partial charge in [-0.2, -0.15) is 0 Å². The van der Waals surface area contributed by atoms with Gasteiger partial charge in [-0.1, -0.05) is 13.0 Å². The van der Waals surface area contributed by atoms with Gasteiger partial charge in [0.15, 0.2) is 0 Å². The number of amides is 2. The van der Waals surface area contributed by atoms with Crippen molar-refractivity contribution in [3.63, 3.8) is 0 Å². The van der Waals surface area contributed by atoms with Crippen LogP contribution >= 0.6 is 0 Å². The van der Waals surface area contributed by atoms with E-state index >= 15 is 0 Å². The average molecular weight is 285 g/mol. The van der Waals surface area contributed by atoms with Gasteiger partial charge in [0.25, 0.3) is 5.91 Å². The molecule has 0 bridgehead atoms. The predicted molar refractivity (Wildman–Crippen MR) is 69.9 cm³/mol. The zero-order valence-corrected chi connectivity index (χ0v) is 11.1. The Morgan fingerprint density at radius 2 is 1.75 bits per heavy atom. The van der Waals surface area contributed by atoms with Gasteiger partial charge in [-0.15, -0.1) is 0 Å². The van der Waals surface area contributed by atoms with Crippen LogP contribution in [0.25, 0.3) is 0 Å². The van der Waals surface area contributed by atoms with Gasteiger partial charge in [0.1, 0.15) is 17.2 Å². The minimum Gasteiger partial charge on any atom is -0.354 e. The molecule has 1 atom stereocenters. The summed E-state index contributed by atoms with van der Waals surface area (Å²) in [7, 11) is 0. The monoisotopic (exact) mass is 285 g/mol. The quantitative estimate of drug-likeness (QED) is 0.662. The van der Waals surface area contributed by atoms with Crippen molar-refractivity contribution >= 4 is 11.8 Å². The zero-order chi connectivity index (χ0) is 15.1. The highest BCUT2D eigenvalue weighted by Crippen LogP contribution is 2.11. The summed E-state index contributed by atoms with van der Waals surface area (Å²) in [5.41, 5.74) is 4.69. The number of nitrogens with one attached hydrogen (secondary N) is 2. The minimum atomic E-state index is -0.928. The number of hydrogen-bond acceptors (Lipinski definition) is 3. The molecule has 0 spiro atoms. The first-order valence-electron chi connectivity index (χ1n) is 6.17. The summed E-state index contributed by atoms with van der Waals surface area (Å²) < 4.78 is 26.6. The highest BCUT2D eigenvalue weighted by molar-refractivity contribution is 5.94. The maximum Gasteiger partial charge on any atom is 0.257 e. The Morgan fingerprint density at radius 1 is 1.20 bits per heavy atom. The molecule has 0 aliphatic heterocycles. The molecular formula is C13H17F2N3O2. The fraction of sp³-hybridized carbons (Fsp3) is 0.385. The van der Waals surface area contributed by atoms with Crippen LogP contribution in [0.5, 0.6) is 0 Å². The van der Waals surface area contributed by atoms with Gasteiger partial charge in [-0.3, -0.25) is 9.59 Å². The van der Waals surface area contributed by atoms with Crippen molar-refractivity contribution < 1.29 is 18.4 Å². The third kappa shape index (κ3) is 4.27. The summed E-state index contributed by atoms with van der Waals surface area (Å²) in [6.45, 7) is 2.11. The summed E-state index contributed by atoms with van der Waals surface area (Å²) >= 11 is 0. The molecule has 0 aromatic heterocycles. The molecule has 4 N–H and O–H groups in total. The van der Waals surface area contributed by atoms with Crippen LogP contribution in [-0.4, -0.2) is 31.4 Å². The molecule has 0 radical (unpaired) electrons. The fourth-order valence-corrected chi connectivity index (χ4v) is 1.45. The van der Waals surface area contributed by atoms with Crippen LogP contribution in [0.1, 0.15) is 17.3 Å². The van der Waals surface area contributed by atoms with E-state index < -0.39 is 23.1 Å². The van der Waals surface area contributed by atoms with Gasteiger partial charge < -0.3 is 16.4 Å². The second-order valence-electron chi connectivity index (χ2n) is 4.28. The van der Waals surface area contributed by atoms with Crippen molar-refractivity contribution in [1.82, 2.24) is 10.6 Å². The normalized spacial score (nSPS) is 11.8. The number of carbonyl (C=O) groups is 2. The highest BCUT2D eigenvalue weighted by Gasteiger charge is 2.16. The van der Waals surface area contributed by atoms with Gasteiger partial charge in [-0.05, 0) is 12.1 Å². The van der Waals surface area contributed by atoms with Crippen molar-refractivity contribution in [3.05, 3.63) is 35.4 Å². The number of benzene rings is 1. The van der Waals surface area contributed by atoms with Crippen LogP contribution in [0.4, 0.5) is 8.78 Å². The second kappa shape index (κ2) is 7.54. The molecule has 0 saturated heterocycles. The topological polar surface area (TPSA) is 84.2 Å². The van der Waals surface area contributed by atoms with E-state index in [0.29, 0.717) is 0 Å². The summed E-state index contributed by atoms with van der Waals surface area (Å²) in [4.78, 5) is 23.0. The SMILES string of the molecule is CC(CN)C(=O)NCCNC(=O)c1c(F)cccc1F. The first-order valence-corrected chi connectivity index (χ1v) is 6.17. The van der Waals surface area contributed by atoms with E-state index in [9.17, 15) is 18.4 Å². The van der Waals surface area contributed by atoms with E-state index in [1.165, 1.54) is 6.07 Å². The smallest absolute Gasteiger partial charge is 0.257 e. The second-order valence-corrected chi connectivity index (χ2v) is 4.28. The van der Waals surface area contributed by atoms with E-state index in [1.54, 1.807) is 6.92 Å². The maximum atomic E-state index is 13.3. The third-order valence-electron chi connectivity index (χ3n) is 2.70. The molecule has 0 saturated carbocycles. The largest absolute Gasteiger partial charge is 0.354 e. The van der Waals surface area contributed by atoms with Crippen molar-refractivity contribution in [2.75, 3.05) is 19.6 Å². The van der Waals surface area contributed by atoms with Crippen LogP contribution in [0.3, 0.4) is 0 Å². The predicted octanol–water partition coefficient (Wildman–Crippen LogP) is 0.406. The maximum absolute atomic E-state index is 13.3. The Morgan fingerprint density at radius 3 is 2.30 bits per heavy atom. The van der Waals surface area contributed by atoms with E-state index in [4.69, 9.17) is 5.73 Å². The molecule has 0 aliphatic rings. The van der Waals surface area contributed by atoms with Crippen LogP contribution in [0.15, 0.2) is 18.2 Å².